The summed E-state index contributed by atoms with van der Waals surface area (Å²) in [5, 5.41) is 2.94. The Morgan fingerprint density at radius 2 is 1.53 bits per heavy atom. The van der Waals surface area contributed by atoms with Gasteiger partial charge in [-0.15, -0.1) is 0 Å². The number of nitrogens with two attached hydrogens (primary N) is 2. The number of guanidine groups is 1. The Morgan fingerprint density at radius 3 is 2.17 bits per heavy atom. The van der Waals surface area contributed by atoms with Crippen LogP contribution < -0.4 is 26.3 Å². The van der Waals surface area contributed by atoms with Crippen LogP contribution in [0.1, 0.15) is 23.1 Å². The second kappa shape index (κ2) is 15.5. The first-order valence-electron chi connectivity index (χ1n) is 11.4. The highest BCUT2D eigenvalue weighted by Crippen LogP contribution is 2.27. The van der Waals surface area contributed by atoms with Gasteiger partial charge < -0.3 is 26.3 Å². The maximum Gasteiger partial charge on any atom is 0.253 e. The molecule has 0 aliphatic rings. The minimum absolute atomic E-state index is 0.109. The molecule has 0 spiro atoms. The molecule has 36 heavy (non-hydrogen) atoms. The predicted octanol–water partition coefficient (Wildman–Crippen LogP) is 2.42. The highest BCUT2D eigenvalue weighted by atomic mass is 16.5. The lowest BCUT2D eigenvalue weighted by Gasteiger charge is -2.08. The molecular weight excluding hydrogens is 458 g/mol. The van der Waals surface area contributed by atoms with Crippen LogP contribution >= 0.6 is 0 Å². The third kappa shape index (κ3) is 10.7. The van der Waals surface area contributed by atoms with Gasteiger partial charge in [-0.05, 0) is 53.8 Å². The third-order valence-electron chi connectivity index (χ3n) is 5.03. The summed E-state index contributed by atoms with van der Waals surface area (Å²) >= 11 is 0. The van der Waals surface area contributed by atoms with E-state index in [-0.39, 0.29) is 18.3 Å². The standard InChI is InChI=1S/C16H18N2O.C11H15N3O3/c19-16(7-6-14-4-2-1-3-5-14)18-13-10-15-8-11-17-12-9-15;1-16-8-4-3-7(5-9(8)17-2)6-10(15)14-11(12)13/h1-5,8-9,11-12H,6-7,10,13H2,(H,18,19);3-5H,6H2,1-2H3,(H4,12,13,14,15). The first kappa shape index (κ1) is 27.8. The zero-order valence-corrected chi connectivity index (χ0v) is 20.6. The minimum atomic E-state index is -0.405. The lowest BCUT2D eigenvalue weighted by Crippen LogP contribution is -2.25. The van der Waals surface area contributed by atoms with Crippen LogP contribution in [0.4, 0.5) is 0 Å². The average molecular weight is 492 g/mol. The first-order valence-corrected chi connectivity index (χ1v) is 11.4. The number of aryl methyl sites for hydroxylation is 1. The van der Waals surface area contributed by atoms with E-state index in [9.17, 15) is 9.59 Å². The van der Waals surface area contributed by atoms with Gasteiger partial charge in [0.2, 0.25) is 5.91 Å². The molecule has 0 bridgehead atoms. The molecule has 9 nitrogen and oxygen atoms in total. The second-order valence-electron chi connectivity index (χ2n) is 7.74. The molecule has 0 aliphatic carbocycles. The fourth-order valence-electron chi connectivity index (χ4n) is 3.24. The van der Waals surface area contributed by atoms with Gasteiger partial charge in [-0.2, -0.15) is 4.99 Å². The van der Waals surface area contributed by atoms with Crippen molar-refractivity contribution in [2.75, 3.05) is 20.8 Å². The van der Waals surface area contributed by atoms with Crippen molar-refractivity contribution in [1.29, 1.82) is 0 Å². The smallest absolute Gasteiger partial charge is 0.253 e. The Kier molecular flexibility index (Phi) is 12.0. The van der Waals surface area contributed by atoms with Crippen LogP contribution in [-0.2, 0) is 28.9 Å². The molecule has 0 unspecified atom stereocenters. The number of ether oxygens (including phenoxy) is 2. The summed E-state index contributed by atoms with van der Waals surface area (Å²) in [6.07, 6.45) is 5.83. The van der Waals surface area contributed by atoms with E-state index in [1.807, 2.05) is 42.5 Å². The monoisotopic (exact) mass is 491 g/mol. The number of aromatic nitrogens is 1. The van der Waals surface area contributed by atoms with E-state index >= 15 is 0 Å². The molecule has 3 rings (SSSR count). The van der Waals surface area contributed by atoms with E-state index in [2.05, 4.69) is 15.3 Å². The van der Waals surface area contributed by atoms with E-state index in [0.717, 1.165) is 18.4 Å². The van der Waals surface area contributed by atoms with Crippen LogP contribution in [0.25, 0.3) is 0 Å². The number of benzene rings is 2. The zero-order valence-electron chi connectivity index (χ0n) is 20.6. The largest absolute Gasteiger partial charge is 0.493 e. The van der Waals surface area contributed by atoms with Crippen molar-refractivity contribution in [1.82, 2.24) is 10.3 Å². The maximum absolute atomic E-state index is 11.7. The number of aliphatic imine (C=N–C) groups is 1. The van der Waals surface area contributed by atoms with Crippen molar-refractivity contribution < 1.29 is 19.1 Å². The summed E-state index contributed by atoms with van der Waals surface area (Å²) in [6.45, 7) is 0.678. The number of carbonyl (C=O) groups excluding carboxylic acids is 2. The summed E-state index contributed by atoms with van der Waals surface area (Å²) in [5.41, 5.74) is 13.4. The van der Waals surface area contributed by atoms with Gasteiger partial charge in [0.25, 0.3) is 5.91 Å². The lowest BCUT2D eigenvalue weighted by molar-refractivity contribution is -0.121. The van der Waals surface area contributed by atoms with Crippen LogP contribution in [-0.4, -0.2) is 43.5 Å². The van der Waals surface area contributed by atoms with E-state index in [1.165, 1.54) is 18.2 Å². The predicted molar refractivity (Wildman–Crippen MR) is 140 cm³/mol. The fraction of sp³-hybridized carbons (Fsp3) is 0.259. The number of nitrogens with zero attached hydrogens (tertiary/aromatic N) is 2. The highest BCUT2D eigenvalue weighted by molar-refractivity contribution is 5.92. The molecule has 0 fully saturated rings. The average Bonchev–Trinajstić information content (AvgIpc) is 2.88. The minimum Gasteiger partial charge on any atom is -0.493 e. The number of carbonyl (C=O) groups is 2. The molecule has 190 valence electrons. The van der Waals surface area contributed by atoms with E-state index in [4.69, 9.17) is 20.9 Å². The van der Waals surface area contributed by atoms with Crippen molar-refractivity contribution in [2.45, 2.75) is 25.7 Å². The second-order valence-corrected chi connectivity index (χ2v) is 7.74. The van der Waals surface area contributed by atoms with E-state index in [1.54, 1.807) is 37.7 Å². The molecule has 0 radical (unpaired) electrons. The number of hydrogen-bond acceptors (Lipinski definition) is 5. The molecule has 0 atom stereocenters. The van der Waals surface area contributed by atoms with Gasteiger partial charge in [0.15, 0.2) is 17.5 Å². The summed E-state index contributed by atoms with van der Waals surface area (Å²) < 4.78 is 10.2. The lowest BCUT2D eigenvalue weighted by atomic mass is 10.1. The number of methoxy groups -OCH3 is 2. The number of hydrogen-bond donors (Lipinski definition) is 3. The van der Waals surface area contributed by atoms with Crippen molar-refractivity contribution in [2.24, 2.45) is 16.5 Å². The third-order valence-corrected chi connectivity index (χ3v) is 5.03. The van der Waals surface area contributed by atoms with Gasteiger partial charge in [-0.3, -0.25) is 14.6 Å². The van der Waals surface area contributed by atoms with Gasteiger partial charge in [-0.1, -0.05) is 36.4 Å². The van der Waals surface area contributed by atoms with Crippen LogP contribution in [0.3, 0.4) is 0 Å². The molecule has 9 heteroatoms. The molecule has 0 saturated heterocycles. The molecule has 2 aromatic carbocycles. The van der Waals surface area contributed by atoms with Gasteiger partial charge in [-0.25, -0.2) is 0 Å². The molecule has 1 aromatic heterocycles. The van der Waals surface area contributed by atoms with Crippen molar-refractivity contribution in [3.8, 4) is 11.5 Å². The van der Waals surface area contributed by atoms with Crippen LogP contribution in [0.15, 0.2) is 78.0 Å². The van der Waals surface area contributed by atoms with Crippen LogP contribution in [0.5, 0.6) is 11.5 Å². The van der Waals surface area contributed by atoms with Gasteiger partial charge in [0, 0.05) is 25.4 Å². The Bertz CT molecular complexity index is 1120. The number of pyridine rings is 1. The number of rotatable bonds is 10. The quantitative estimate of drug-likeness (QED) is 0.292. The molecule has 2 amide bonds. The van der Waals surface area contributed by atoms with Gasteiger partial charge in [0.05, 0.1) is 20.6 Å². The fourth-order valence-corrected chi connectivity index (χ4v) is 3.24. The van der Waals surface area contributed by atoms with Crippen molar-refractivity contribution >= 4 is 17.8 Å². The molecule has 5 N–H and O–H groups in total. The Balaban J connectivity index is 0.000000255. The summed E-state index contributed by atoms with van der Waals surface area (Å²) in [4.78, 5) is 30.4. The summed E-state index contributed by atoms with van der Waals surface area (Å²) in [6, 6.07) is 19.2. The molecule has 0 saturated carbocycles. The number of amides is 2. The van der Waals surface area contributed by atoms with Crippen molar-refractivity contribution in [3.63, 3.8) is 0 Å². The summed E-state index contributed by atoms with van der Waals surface area (Å²) in [5.74, 6) is 0.624. The number of nitrogens with one attached hydrogen (secondary N) is 1. The van der Waals surface area contributed by atoms with Crippen molar-refractivity contribution in [3.05, 3.63) is 89.7 Å². The van der Waals surface area contributed by atoms with Gasteiger partial charge in [0.1, 0.15) is 0 Å². The van der Waals surface area contributed by atoms with Crippen LogP contribution in [0.2, 0.25) is 0 Å². The normalized spacial score (nSPS) is 9.83. The highest BCUT2D eigenvalue weighted by Gasteiger charge is 2.08. The van der Waals surface area contributed by atoms with Gasteiger partial charge >= 0.3 is 0 Å². The first-order chi connectivity index (χ1) is 17.4. The molecule has 3 aromatic rings. The SMILES string of the molecule is COc1ccc(CC(=O)N=C(N)N)cc1OC.O=C(CCc1ccccc1)NCCc1ccncc1. The Hall–Kier alpha value is -4.40. The van der Waals surface area contributed by atoms with E-state index < -0.39 is 5.91 Å². The maximum atomic E-state index is 11.7. The van der Waals surface area contributed by atoms with Crippen LogP contribution in [0, 0.1) is 0 Å². The zero-order chi connectivity index (χ0) is 26.2. The molecule has 1 heterocycles. The van der Waals surface area contributed by atoms with E-state index in [0.29, 0.717) is 24.5 Å². The Morgan fingerprint density at radius 1 is 0.861 bits per heavy atom. The summed E-state index contributed by atoms with van der Waals surface area (Å²) in [7, 11) is 3.07. The molecular formula is C27H33N5O4. The molecule has 0 aliphatic heterocycles. The topological polar surface area (TPSA) is 142 Å². The Labute approximate surface area is 211 Å².